The standard InChI is InChI=1S/C11H17N/c1-2-10-5-3-6-11(9-10)7-4-8-12/h3,5-6,9H,2,4,7-8,12H2,1H3. The summed E-state index contributed by atoms with van der Waals surface area (Å²) in [4.78, 5) is 0. The Morgan fingerprint density at radius 1 is 1.25 bits per heavy atom. The molecule has 0 aliphatic heterocycles. The van der Waals surface area contributed by atoms with Gasteiger partial charge in [-0.15, -0.1) is 0 Å². The van der Waals surface area contributed by atoms with E-state index in [1.54, 1.807) is 0 Å². The van der Waals surface area contributed by atoms with Crippen LogP contribution < -0.4 is 5.73 Å². The van der Waals surface area contributed by atoms with Crippen LogP contribution in [0.25, 0.3) is 0 Å². The lowest BCUT2D eigenvalue weighted by atomic mass is 10.1. The fraction of sp³-hybridized carbons (Fsp3) is 0.455. The topological polar surface area (TPSA) is 26.0 Å². The molecule has 0 unspecified atom stereocenters. The maximum absolute atomic E-state index is 5.45. The first-order valence-corrected chi connectivity index (χ1v) is 4.64. The summed E-state index contributed by atoms with van der Waals surface area (Å²) in [7, 11) is 0. The Kier molecular flexibility index (Phi) is 3.81. The summed E-state index contributed by atoms with van der Waals surface area (Å²) in [6.45, 7) is 2.97. The van der Waals surface area contributed by atoms with Crippen LogP contribution in [0, 0.1) is 0 Å². The van der Waals surface area contributed by atoms with E-state index in [0.717, 1.165) is 25.8 Å². The largest absolute Gasteiger partial charge is 0.330 e. The quantitative estimate of drug-likeness (QED) is 0.723. The van der Waals surface area contributed by atoms with Gasteiger partial charge in [0.2, 0.25) is 0 Å². The summed E-state index contributed by atoms with van der Waals surface area (Å²) in [5, 5.41) is 0. The summed E-state index contributed by atoms with van der Waals surface area (Å²) in [6.07, 6.45) is 3.33. The van der Waals surface area contributed by atoms with Crippen molar-refractivity contribution in [3.63, 3.8) is 0 Å². The lowest BCUT2D eigenvalue weighted by Gasteiger charge is -2.01. The molecule has 66 valence electrons. The smallest absolute Gasteiger partial charge is 0.00741 e. The molecule has 0 heterocycles. The first kappa shape index (κ1) is 9.27. The van der Waals surface area contributed by atoms with Crippen molar-refractivity contribution < 1.29 is 0 Å². The van der Waals surface area contributed by atoms with Gasteiger partial charge >= 0.3 is 0 Å². The third-order valence-corrected chi connectivity index (χ3v) is 2.07. The molecule has 0 aliphatic rings. The minimum Gasteiger partial charge on any atom is -0.330 e. The molecule has 0 bridgehead atoms. The zero-order chi connectivity index (χ0) is 8.81. The van der Waals surface area contributed by atoms with E-state index in [9.17, 15) is 0 Å². The second kappa shape index (κ2) is 4.94. The predicted octanol–water partition coefficient (Wildman–Crippen LogP) is 2.14. The third kappa shape index (κ3) is 2.67. The highest BCUT2D eigenvalue weighted by Gasteiger charge is 1.93. The number of hydrogen-bond donors (Lipinski definition) is 1. The van der Waals surface area contributed by atoms with Crippen LogP contribution in [0.5, 0.6) is 0 Å². The Morgan fingerprint density at radius 2 is 2.00 bits per heavy atom. The van der Waals surface area contributed by atoms with Gasteiger partial charge < -0.3 is 5.73 Å². The van der Waals surface area contributed by atoms with E-state index in [-0.39, 0.29) is 0 Å². The van der Waals surface area contributed by atoms with Gasteiger partial charge in [0.05, 0.1) is 0 Å². The Labute approximate surface area is 74.6 Å². The molecule has 0 saturated heterocycles. The van der Waals surface area contributed by atoms with Gasteiger partial charge in [0, 0.05) is 0 Å². The summed E-state index contributed by atoms with van der Waals surface area (Å²) in [6, 6.07) is 8.75. The van der Waals surface area contributed by atoms with Crippen molar-refractivity contribution in [1.82, 2.24) is 0 Å². The van der Waals surface area contributed by atoms with E-state index in [1.807, 2.05) is 0 Å². The van der Waals surface area contributed by atoms with Gasteiger partial charge in [0.15, 0.2) is 0 Å². The molecule has 0 aromatic heterocycles. The zero-order valence-electron chi connectivity index (χ0n) is 7.72. The maximum atomic E-state index is 5.45. The molecule has 0 fully saturated rings. The van der Waals surface area contributed by atoms with Crippen LogP contribution in [0.15, 0.2) is 24.3 Å². The molecular formula is C11H17N. The summed E-state index contributed by atoms with van der Waals surface area (Å²) in [5.41, 5.74) is 8.28. The SMILES string of the molecule is CCc1cccc(CCCN)c1. The average Bonchev–Trinajstić information content (AvgIpc) is 2.15. The second-order valence-electron chi connectivity index (χ2n) is 3.07. The van der Waals surface area contributed by atoms with E-state index in [4.69, 9.17) is 5.73 Å². The Morgan fingerprint density at radius 3 is 2.67 bits per heavy atom. The van der Waals surface area contributed by atoms with Crippen LogP contribution in [0.2, 0.25) is 0 Å². The van der Waals surface area contributed by atoms with Gasteiger partial charge in [-0.1, -0.05) is 31.2 Å². The van der Waals surface area contributed by atoms with Crippen LogP contribution in [0.3, 0.4) is 0 Å². The highest BCUT2D eigenvalue weighted by molar-refractivity contribution is 5.23. The van der Waals surface area contributed by atoms with Gasteiger partial charge in [-0.3, -0.25) is 0 Å². The lowest BCUT2D eigenvalue weighted by molar-refractivity contribution is 0.831. The first-order chi connectivity index (χ1) is 5.86. The molecular weight excluding hydrogens is 146 g/mol. The van der Waals surface area contributed by atoms with Crippen molar-refractivity contribution in [1.29, 1.82) is 0 Å². The van der Waals surface area contributed by atoms with E-state index in [0.29, 0.717) is 0 Å². The number of hydrogen-bond acceptors (Lipinski definition) is 1. The van der Waals surface area contributed by atoms with E-state index < -0.39 is 0 Å². The highest BCUT2D eigenvalue weighted by Crippen LogP contribution is 2.07. The molecule has 1 aromatic carbocycles. The first-order valence-electron chi connectivity index (χ1n) is 4.64. The minimum atomic E-state index is 0.788. The molecule has 0 saturated carbocycles. The van der Waals surface area contributed by atoms with Crippen LogP contribution in [0.1, 0.15) is 24.5 Å². The van der Waals surface area contributed by atoms with E-state index in [2.05, 4.69) is 31.2 Å². The van der Waals surface area contributed by atoms with Gasteiger partial charge in [0.25, 0.3) is 0 Å². The van der Waals surface area contributed by atoms with Crippen molar-refractivity contribution in [3.8, 4) is 0 Å². The van der Waals surface area contributed by atoms with Crippen molar-refractivity contribution in [2.45, 2.75) is 26.2 Å². The van der Waals surface area contributed by atoms with Gasteiger partial charge in [-0.25, -0.2) is 0 Å². The number of aryl methyl sites for hydroxylation is 2. The number of benzene rings is 1. The molecule has 1 rings (SSSR count). The molecule has 1 nitrogen and oxygen atoms in total. The Balaban J connectivity index is 2.60. The third-order valence-electron chi connectivity index (χ3n) is 2.07. The van der Waals surface area contributed by atoms with Crippen molar-refractivity contribution in [2.24, 2.45) is 5.73 Å². The number of rotatable bonds is 4. The molecule has 0 aliphatic carbocycles. The predicted molar refractivity (Wildman–Crippen MR) is 53.2 cm³/mol. The minimum absolute atomic E-state index is 0.788. The molecule has 0 spiro atoms. The van der Waals surface area contributed by atoms with E-state index >= 15 is 0 Å². The molecule has 2 N–H and O–H groups in total. The van der Waals surface area contributed by atoms with Gasteiger partial charge in [0.1, 0.15) is 0 Å². The molecule has 1 aromatic rings. The number of nitrogens with two attached hydrogens (primary N) is 1. The fourth-order valence-electron chi connectivity index (χ4n) is 1.31. The normalized spacial score (nSPS) is 10.2. The zero-order valence-corrected chi connectivity index (χ0v) is 7.72. The van der Waals surface area contributed by atoms with Crippen molar-refractivity contribution in [3.05, 3.63) is 35.4 Å². The van der Waals surface area contributed by atoms with Crippen LogP contribution >= 0.6 is 0 Å². The van der Waals surface area contributed by atoms with Gasteiger partial charge in [-0.05, 0) is 36.9 Å². The molecule has 0 radical (unpaired) electrons. The molecule has 0 amide bonds. The van der Waals surface area contributed by atoms with Crippen molar-refractivity contribution in [2.75, 3.05) is 6.54 Å². The maximum Gasteiger partial charge on any atom is -0.00741 e. The highest BCUT2D eigenvalue weighted by atomic mass is 14.5. The fourth-order valence-corrected chi connectivity index (χ4v) is 1.31. The second-order valence-corrected chi connectivity index (χ2v) is 3.07. The van der Waals surface area contributed by atoms with Crippen LogP contribution in [0.4, 0.5) is 0 Å². The summed E-state index contributed by atoms with van der Waals surface area (Å²) >= 11 is 0. The molecule has 12 heavy (non-hydrogen) atoms. The summed E-state index contributed by atoms with van der Waals surface area (Å²) in [5.74, 6) is 0. The molecule has 1 heteroatoms. The van der Waals surface area contributed by atoms with Gasteiger partial charge in [-0.2, -0.15) is 0 Å². The van der Waals surface area contributed by atoms with Crippen LogP contribution in [-0.2, 0) is 12.8 Å². The van der Waals surface area contributed by atoms with E-state index in [1.165, 1.54) is 11.1 Å². The van der Waals surface area contributed by atoms with Crippen molar-refractivity contribution >= 4 is 0 Å². The average molecular weight is 163 g/mol. The Bertz CT molecular complexity index is 230. The lowest BCUT2D eigenvalue weighted by Crippen LogP contribution is -2.00. The summed E-state index contributed by atoms with van der Waals surface area (Å²) < 4.78 is 0. The Hall–Kier alpha value is -0.820. The van der Waals surface area contributed by atoms with Crippen LogP contribution in [-0.4, -0.2) is 6.54 Å². The molecule has 0 atom stereocenters. The monoisotopic (exact) mass is 163 g/mol.